The molecule has 1 aromatic heterocycles. The molecule has 2 heterocycles. The van der Waals surface area contributed by atoms with E-state index in [1.165, 1.54) is 0 Å². The van der Waals surface area contributed by atoms with Crippen molar-refractivity contribution in [3.05, 3.63) is 90.3 Å². The number of rotatable bonds is 5. The predicted octanol–water partition coefficient (Wildman–Crippen LogP) is 3.22. The largest absolute Gasteiger partial charge is 0.338 e. The first-order valence-electron chi connectivity index (χ1n) is 9.23. The molecule has 0 spiro atoms. The Hall–Kier alpha value is -3.05. The number of ketones is 1. The van der Waals surface area contributed by atoms with Crippen LogP contribution in [-0.2, 0) is 0 Å². The third kappa shape index (κ3) is 3.88. The van der Waals surface area contributed by atoms with Crippen LogP contribution in [0.4, 0.5) is 5.95 Å². The highest BCUT2D eigenvalue weighted by Crippen LogP contribution is 2.27. The quantitative estimate of drug-likeness (QED) is 0.656. The molecule has 5 nitrogen and oxygen atoms in total. The predicted molar refractivity (Wildman–Crippen MR) is 106 cm³/mol. The van der Waals surface area contributed by atoms with Gasteiger partial charge in [0, 0.05) is 44.1 Å². The van der Waals surface area contributed by atoms with E-state index in [2.05, 4.69) is 19.8 Å². The van der Waals surface area contributed by atoms with Gasteiger partial charge in [0.25, 0.3) is 0 Å². The Bertz CT molecular complexity index is 863. The molecule has 1 aliphatic rings. The average molecular weight is 358 g/mol. The van der Waals surface area contributed by atoms with E-state index in [-0.39, 0.29) is 11.8 Å². The minimum Gasteiger partial charge on any atom is -0.338 e. The molecule has 2 aromatic carbocycles. The second-order valence-corrected chi connectivity index (χ2v) is 6.62. The Balaban J connectivity index is 1.56. The lowest BCUT2D eigenvalue weighted by Crippen LogP contribution is -2.49. The van der Waals surface area contributed by atoms with E-state index in [0.29, 0.717) is 0 Å². The summed E-state index contributed by atoms with van der Waals surface area (Å²) in [5.41, 5.74) is 1.79. The molecule has 0 bridgehead atoms. The van der Waals surface area contributed by atoms with Crippen molar-refractivity contribution in [2.24, 2.45) is 0 Å². The molecule has 0 unspecified atom stereocenters. The molecule has 3 aromatic rings. The van der Waals surface area contributed by atoms with Crippen molar-refractivity contribution in [1.82, 2.24) is 14.9 Å². The molecule has 1 saturated heterocycles. The van der Waals surface area contributed by atoms with Crippen LogP contribution in [0.1, 0.15) is 22.0 Å². The number of Topliss-reactive ketones (excluding diaryl/α,β-unsaturated/α-hetero) is 1. The number of aromatic nitrogens is 2. The van der Waals surface area contributed by atoms with E-state index in [0.717, 1.165) is 43.3 Å². The van der Waals surface area contributed by atoms with Gasteiger partial charge >= 0.3 is 0 Å². The highest BCUT2D eigenvalue weighted by molar-refractivity contribution is 6.00. The van der Waals surface area contributed by atoms with Crippen LogP contribution in [0.3, 0.4) is 0 Å². The molecule has 0 aliphatic carbocycles. The van der Waals surface area contributed by atoms with Gasteiger partial charge in [0.2, 0.25) is 5.95 Å². The zero-order valence-electron chi connectivity index (χ0n) is 15.1. The Kier molecular flexibility index (Phi) is 5.21. The molecule has 1 atom stereocenters. The lowest BCUT2D eigenvalue weighted by atomic mass is 9.95. The zero-order chi connectivity index (χ0) is 18.5. The summed E-state index contributed by atoms with van der Waals surface area (Å²) in [7, 11) is 0. The first kappa shape index (κ1) is 17.4. The molecular weight excluding hydrogens is 336 g/mol. The number of benzene rings is 2. The van der Waals surface area contributed by atoms with E-state index < -0.39 is 0 Å². The van der Waals surface area contributed by atoms with Crippen LogP contribution in [0.25, 0.3) is 0 Å². The van der Waals surface area contributed by atoms with Gasteiger partial charge < -0.3 is 4.90 Å². The summed E-state index contributed by atoms with van der Waals surface area (Å²) in [6, 6.07) is 21.2. The number of hydrogen-bond donors (Lipinski definition) is 0. The van der Waals surface area contributed by atoms with E-state index in [4.69, 9.17) is 0 Å². The molecule has 4 rings (SSSR count). The Morgan fingerprint density at radius 1 is 0.778 bits per heavy atom. The molecule has 0 N–H and O–H groups in total. The molecule has 0 amide bonds. The van der Waals surface area contributed by atoms with Gasteiger partial charge in [-0.25, -0.2) is 9.97 Å². The third-order valence-corrected chi connectivity index (χ3v) is 4.94. The number of carbonyl (C=O) groups is 1. The van der Waals surface area contributed by atoms with Crippen LogP contribution >= 0.6 is 0 Å². The van der Waals surface area contributed by atoms with E-state index >= 15 is 0 Å². The van der Waals surface area contributed by atoms with Crippen LogP contribution in [0.15, 0.2) is 79.1 Å². The summed E-state index contributed by atoms with van der Waals surface area (Å²) in [6.07, 6.45) is 3.53. The van der Waals surface area contributed by atoms with Gasteiger partial charge in [-0.1, -0.05) is 60.7 Å². The summed E-state index contributed by atoms with van der Waals surface area (Å²) in [5, 5.41) is 0. The average Bonchev–Trinajstić information content (AvgIpc) is 2.76. The molecule has 1 fully saturated rings. The summed E-state index contributed by atoms with van der Waals surface area (Å²) in [4.78, 5) is 26.4. The highest BCUT2D eigenvalue weighted by atomic mass is 16.1. The van der Waals surface area contributed by atoms with Crippen molar-refractivity contribution in [3.63, 3.8) is 0 Å². The fourth-order valence-electron chi connectivity index (χ4n) is 3.56. The maximum absolute atomic E-state index is 13.3. The monoisotopic (exact) mass is 358 g/mol. The van der Waals surface area contributed by atoms with Gasteiger partial charge in [0.1, 0.15) is 0 Å². The van der Waals surface area contributed by atoms with E-state index in [1.807, 2.05) is 66.7 Å². The molecule has 0 radical (unpaired) electrons. The fraction of sp³-hybridized carbons (Fsp3) is 0.227. The molecular formula is C22H22N4O. The van der Waals surface area contributed by atoms with Crippen molar-refractivity contribution >= 4 is 11.7 Å². The maximum Gasteiger partial charge on any atom is 0.225 e. The molecule has 5 heteroatoms. The van der Waals surface area contributed by atoms with E-state index in [9.17, 15) is 4.79 Å². The van der Waals surface area contributed by atoms with Crippen molar-refractivity contribution in [2.45, 2.75) is 6.04 Å². The van der Waals surface area contributed by atoms with Crippen molar-refractivity contribution in [1.29, 1.82) is 0 Å². The maximum atomic E-state index is 13.3. The van der Waals surface area contributed by atoms with Gasteiger partial charge in [0.05, 0.1) is 6.04 Å². The first-order valence-corrected chi connectivity index (χ1v) is 9.23. The standard InChI is InChI=1S/C22H22N4O/c27-21(19-10-5-2-6-11-19)20(18-8-3-1-4-9-18)25-14-16-26(17-15-25)22-23-12-7-13-24-22/h1-13,20H,14-17H2/t20-/m1/s1. The normalized spacial score (nSPS) is 16.1. The number of anilines is 1. The molecule has 0 saturated carbocycles. The van der Waals surface area contributed by atoms with Crippen LogP contribution in [0.5, 0.6) is 0 Å². The minimum absolute atomic E-state index is 0.145. The third-order valence-electron chi connectivity index (χ3n) is 4.94. The highest BCUT2D eigenvalue weighted by Gasteiger charge is 2.31. The van der Waals surface area contributed by atoms with Crippen molar-refractivity contribution in [3.8, 4) is 0 Å². The Morgan fingerprint density at radius 2 is 1.37 bits per heavy atom. The Labute approximate surface area is 159 Å². The van der Waals surface area contributed by atoms with Crippen LogP contribution < -0.4 is 4.90 Å². The summed E-state index contributed by atoms with van der Waals surface area (Å²) >= 11 is 0. The lowest BCUT2D eigenvalue weighted by Gasteiger charge is -2.38. The van der Waals surface area contributed by atoms with E-state index in [1.54, 1.807) is 12.4 Å². The first-order chi connectivity index (χ1) is 13.3. The number of nitrogens with zero attached hydrogens (tertiary/aromatic N) is 4. The van der Waals surface area contributed by atoms with Gasteiger partial charge in [0.15, 0.2) is 5.78 Å². The van der Waals surface area contributed by atoms with Crippen LogP contribution in [-0.4, -0.2) is 46.8 Å². The number of carbonyl (C=O) groups excluding carboxylic acids is 1. The second kappa shape index (κ2) is 8.10. The summed E-state index contributed by atoms with van der Waals surface area (Å²) in [5.74, 6) is 0.897. The number of piperazine rings is 1. The fourth-order valence-corrected chi connectivity index (χ4v) is 3.56. The second-order valence-electron chi connectivity index (χ2n) is 6.62. The van der Waals surface area contributed by atoms with Crippen molar-refractivity contribution in [2.75, 3.05) is 31.1 Å². The van der Waals surface area contributed by atoms with Crippen LogP contribution in [0, 0.1) is 0 Å². The van der Waals surface area contributed by atoms with Gasteiger partial charge in [-0.3, -0.25) is 9.69 Å². The van der Waals surface area contributed by atoms with Crippen molar-refractivity contribution < 1.29 is 4.79 Å². The van der Waals surface area contributed by atoms with Gasteiger partial charge in [-0.15, -0.1) is 0 Å². The van der Waals surface area contributed by atoms with Gasteiger partial charge in [-0.2, -0.15) is 0 Å². The van der Waals surface area contributed by atoms with Gasteiger partial charge in [-0.05, 0) is 11.6 Å². The summed E-state index contributed by atoms with van der Waals surface area (Å²) in [6.45, 7) is 3.18. The molecule has 27 heavy (non-hydrogen) atoms. The lowest BCUT2D eigenvalue weighted by molar-refractivity contribution is 0.0806. The smallest absolute Gasteiger partial charge is 0.225 e. The molecule has 1 aliphatic heterocycles. The topological polar surface area (TPSA) is 49.3 Å². The zero-order valence-corrected chi connectivity index (χ0v) is 15.1. The SMILES string of the molecule is O=C(c1ccccc1)[C@@H](c1ccccc1)N1CCN(c2ncccn2)CC1. The number of hydrogen-bond acceptors (Lipinski definition) is 5. The minimum atomic E-state index is -0.271. The molecule has 136 valence electrons. The van der Waals surface area contributed by atoms with Crippen LogP contribution in [0.2, 0.25) is 0 Å². The summed E-state index contributed by atoms with van der Waals surface area (Å²) < 4.78 is 0. The Morgan fingerprint density at radius 3 is 2.00 bits per heavy atom.